The number of benzene rings is 1. The van der Waals surface area contributed by atoms with Crippen molar-refractivity contribution >= 4 is 11.9 Å². The first kappa shape index (κ1) is 14.6. The Morgan fingerprint density at radius 1 is 1.20 bits per heavy atom. The lowest BCUT2D eigenvalue weighted by Gasteiger charge is -2.22. The molecule has 4 nitrogen and oxygen atoms in total. The van der Waals surface area contributed by atoms with Gasteiger partial charge in [0.1, 0.15) is 0 Å². The van der Waals surface area contributed by atoms with E-state index < -0.39 is 11.4 Å². The molecular weight excluding hydrogens is 254 g/mol. The van der Waals surface area contributed by atoms with Crippen LogP contribution >= 0.6 is 0 Å². The first-order valence-corrected chi connectivity index (χ1v) is 6.94. The maximum Gasteiger partial charge on any atom is 0.303 e. The topological polar surface area (TPSA) is 66.4 Å². The zero-order chi connectivity index (χ0) is 14.8. The summed E-state index contributed by atoms with van der Waals surface area (Å²) in [6, 6.07) is 8.35. The van der Waals surface area contributed by atoms with Crippen LogP contribution in [-0.2, 0) is 22.4 Å². The number of hydrogen-bond acceptors (Lipinski definition) is 2. The van der Waals surface area contributed by atoms with Gasteiger partial charge in [0, 0.05) is 12.5 Å². The number of fused-ring (bicyclic) bond motifs is 1. The number of carbonyl (C=O) groups excluding carboxylic acids is 1. The molecule has 0 aromatic heterocycles. The minimum Gasteiger partial charge on any atom is -0.481 e. The molecule has 1 amide bonds. The number of rotatable bonds is 5. The summed E-state index contributed by atoms with van der Waals surface area (Å²) in [7, 11) is 0. The van der Waals surface area contributed by atoms with E-state index in [1.807, 2.05) is 26.0 Å². The average Bonchev–Trinajstić information content (AvgIpc) is 2.67. The summed E-state index contributed by atoms with van der Waals surface area (Å²) in [5.74, 6) is -0.926. The van der Waals surface area contributed by atoms with E-state index in [0.29, 0.717) is 0 Å². The number of amides is 1. The maximum atomic E-state index is 12.0. The number of aliphatic carboxylic acids is 1. The highest BCUT2D eigenvalue weighted by Gasteiger charge is 2.28. The van der Waals surface area contributed by atoms with Gasteiger partial charge in [0.05, 0.1) is 6.42 Å². The minimum atomic E-state index is -0.865. The van der Waals surface area contributed by atoms with Crippen LogP contribution in [0.3, 0.4) is 0 Å². The molecule has 1 aromatic rings. The molecule has 1 aliphatic rings. The average molecular weight is 275 g/mol. The Kier molecular flexibility index (Phi) is 4.12. The summed E-state index contributed by atoms with van der Waals surface area (Å²) in [5, 5.41) is 11.9. The first-order valence-electron chi connectivity index (χ1n) is 6.94. The van der Waals surface area contributed by atoms with Gasteiger partial charge in [0.25, 0.3) is 0 Å². The molecule has 0 saturated carbocycles. The van der Waals surface area contributed by atoms with Gasteiger partial charge in [-0.15, -0.1) is 0 Å². The monoisotopic (exact) mass is 275 g/mol. The predicted octanol–water partition coefficient (Wildman–Crippen LogP) is 2.16. The second-order valence-corrected chi connectivity index (χ2v) is 6.35. The van der Waals surface area contributed by atoms with Gasteiger partial charge in [-0.1, -0.05) is 38.1 Å². The fourth-order valence-electron chi connectivity index (χ4n) is 2.85. The highest BCUT2D eigenvalue weighted by Crippen LogP contribution is 2.26. The van der Waals surface area contributed by atoms with Crippen molar-refractivity contribution in [1.29, 1.82) is 0 Å². The third-order valence-electron chi connectivity index (χ3n) is 3.69. The molecule has 1 aromatic carbocycles. The van der Waals surface area contributed by atoms with Crippen LogP contribution in [-0.4, -0.2) is 23.0 Å². The molecule has 0 atom stereocenters. The number of carbonyl (C=O) groups is 2. The summed E-state index contributed by atoms with van der Waals surface area (Å²) in [6.07, 6.45) is 1.97. The van der Waals surface area contributed by atoms with E-state index in [1.54, 1.807) is 0 Å². The molecule has 2 rings (SSSR count). The number of hydrogen-bond donors (Lipinski definition) is 2. The van der Waals surface area contributed by atoms with Crippen LogP contribution in [0.15, 0.2) is 24.3 Å². The maximum absolute atomic E-state index is 12.0. The Balaban J connectivity index is 1.86. The van der Waals surface area contributed by atoms with Gasteiger partial charge in [-0.3, -0.25) is 9.59 Å². The molecule has 0 aliphatic heterocycles. The van der Waals surface area contributed by atoms with Crippen LogP contribution in [0.5, 0.6) is 0 Å². The number of carboxylic acids is 1. The highest BCUT2D eigenvalue weighted by molar-refractivity contribution is 5.78. The van der Waals surface area contributed by atoms with Crippen molar-refractivity contribution in [2.24, 2.45) is 5.41 Å². The number of carboxylic acid groups (broad SMARTS) is 1. The normalized spacial score (nSPS) is 14.9. The van der Waals surface area contributed by atoms with E-state index in [4.69, 9.17) is 5.11 Å². The smallest absolute Gasteiger partial charge is 0.303 e. The van der Waals surface area contributed by atoms with Gasteiger partial charge >= 0.3 is 5.97 Å². The summed E-state index contributed by atoms with van der Waals surface area (Å²) in [6.45, 7) is 3.62. The third kappa shape index (κ3) is 3.83. The summed E-state index contributed by atoms with van der Waals surface area (Å²) < 4.78 is 0. The van der Waals surface area contributed by atoms with E-state index in [1.165, 1.54) is 11.1 Å². The third-order valence-corrected chi connectivity index (χ3v) is 3.69. The molecule has 0 bridgehead atoms. The zero-order valence-corrected chi connectivity index (χ0v) is 12.0. The van der Waals surface area contributed by atoms with Gasteiger partial charge in [0.15, 0.2) is 0 Å². The second-order valence-electron chi connectivity index (χ2n) is 6.35. The van der Waals surface area contributed by atoms with Crippen molar-refractivity contribution < 1.29 is 14.7 Å². The largest absolute Gasteiger partial charge is 0.481 e. The molecule has 0 saturated heterocycles. The van der Waals surface area contributed by atoms with E-state index >= 15 is 0 Å². The lowest BCUT2D eigenvalue weighted by molar-refractivity contribution is -0.139. The fourth-order valence-corrected chi connectivity index (χ4v) is 2.85. The molecule has 4 heteroatoms. The van der Waals surface area contributed by atoms with Crippen molar-refractivity contribution in [3.05, 3.63) is 35.4 Å². The van der Waals surface area contributed by atoms with Gasteiger partial charge in [0.2, 0.25) is 5.91 Å². The summed E-state index contributed by atoms with van der Waals surface area (Å²) >= 11 is 0. The molecule has 1 aliphatic carbocycles. The van der Waals surface area contributed by atoms with Crippen molar-refractivity contribution in [2.45, 2.75) is 45.6 Å². The van der Waals surface area contributed by atoms with Crippen LogP contribution in [0.2, 0.25) is 0 Å². The molecule has 2 N–H and O–H groups in total. The SMILES string of the molecule is CC(C)(CC(=O)O)CC(=O)NC1Cc2ccccc2C1. The Morgan fingerprint density at radius 2 is 1.75 bits per heavy atom. The molecule has 0 unspecified atom stereocenters. The summed E-state index contributed by atoms with van der Waals surface area (Å²) in [5.41, 5.74) is 2.08. The van der Waals surface area contributed by atoms with Crippen molar-refractivity contribution in [3.8, 4) is 0 Å². The molecule has 0 radical (unpaired) electrons. The Labute approximate surface area is 119 Å². The summed E-state index contributed by atoms with van der Waals surface area (Å²) in [4.78, 5) is 22.8. The Hall–Kier alpha value is -1.84. The predicted molar refractivity (Wildman–Crippen MR) is 76.4 cm³/mol. The van der Waals surface area contributed by atoms with E-state index in [0.717, 1.165) is 12.8 Å². The van der Waals surface area contributed by atoms with E-state index in [-0.39, 0.29) is 24.8 Å². The van der Waals surface area contributed by atoms with E-state index in [9.17, 15) is 9.59 Å². The van der Waals surface area contributed by atoms with E-state index in [2.05, 4.69) is 17.4 Å². The standard InChI is InChI=1S/C16H21NO3/c1-16(2,10-15(19)20)9-14(18)17-13-7-11-5-3-4-6-12(11)8-13/h3-6,13H,7-10H2,1-2H3,(H,17,18)(H,19,20). The molecule has 20 heavy (non-hydrogen) atoms. The van der Waals surface area contributed by atoms with Crippen LogP contribution in [0.25, 0.3) is 0 Å². The quantitative estimate of drug-likeness (QED) is 0.865. The molecular formula is C16H21NO3. The van der Waals surface area contributed by atoms with Crippen LogP contribution in [0.4, 0.5) is 0 Å². The minimum absolute atomic E-state index is 0.00527. The molecule has 0 heterocycles. The first-order chi connectivity index (χ1) is 9.35. The second kappa shape index (κ2) is 5.65. The van der Waals surface area contributed by atoms with Gasteiger partial charge in [-0.05, 0) is 29.4 Å². The molecule has 108 valence electrons. The molecule has 0 fully saturated rings. The van der Waals surface area contributed by atoms with Gasteiger partial charge in [-0.2, -0.15) is 0 Å². The van der Waals surface area contributed by atoms with Crippen molar-refractivity contribution in [3.63, 3.8) is 0 Å². The van der Waals surface area contributed by atoms with Crippen LogP contribution in [0, 0.1) is 5.41 Å². The highest BCUT2D eigenvalue weighted by atomic mass is 16.4. The van der Waals surface area contributed by atoms with Gasteiger partial charge in [-0.25, -0.2) is 0 Å². The van der Waals surface area contributed by atoms with Crippen molar-refractivity contribution in [2.75, 3.05) is 0 Å². The van der Waals surface area contributed by atoms with Crippen LogP contribution in [0.1, 0.15) is 37.8 Å². The number of nitrogens with one attached hydrogen (secondary N) is 1. The Morgan fingerprint density at radius 3 is 2.25 bits per heavy atom. The zero-order valence-electron chi connectivity index (χ0n) is 12.0. The van der Waals surface area contributed by atoms with Crippen molar-refractivity contribution in [1.82, 2.24) is 5.32 Å². The lowest BCUT2D eigenvalue weighted by Crippen LogP contribution is -2.38. The molecule has 0 spiro atoms. The fraction of sp³-hybridized carbons (Fsp3) is 0.500. The van der Waals surface area contributed by atoms with Crippen LogP contribution < -0.4 is 5.32 Å². The lowest BCUT2D eigenvalue weighted by atomic mass is 9.85. The Bertz CT molecular complexity index is 497. The van der Waals surface area contributed by atoms with Gasteiger partial charge < -0.3 is 10.4 Å².